The Morgan fingerprint density at radius 3 is 1.83 bits per heavy atom. The number of esters is 2. The third-order valence-corrected chi connectivity index (χ3v) is 4.23. The van der Waals surface area contributed by atoms with Crippen molar-refractivity contribution in [1.29, 1.82) is 0 Å². The quantitative estimate of drug-likeness (QED) is 0.159. The molecule has 1 fully saturated rings. The second-order valence-corrected chi connectivity index (χ2v) is 7.19. The molecule has 0 radical (unpaired) electrons. The molecule has 0 bridgehead atoms. The van der Waals surface area contributed by atoms with Crippen molar-refractivity contribution in [1.82, 2.24) is 10.6 Å². The van der Waals surface area contributed by atoms with E-state index in [1.165, 1.54) is 0 Å². The summed E-state index contributed by atoms with van der Waals surface area (Å²) in [6, 6.07) is 0. The normalized spacial score (nSPS) is 11.8. The first-order valence-electron chi connectivity index (χ1n) is 9.41. The van der Waals surface area contributed by atoms with Crippen molar-refractivity contribution >= 4 is 59.2 Å². The first-order valence-corrected chi connectivity index (χ1v) is 11.0. The molecule has 0 spiro atoms. The maximum atomic E-state index is 11.0. The number of aliphatic carboxylic acids is 1. The molecular formula is C18H30N2O8S2. The maximum absolute atomic E-state index is 11.0. The molecule has 0 aromatic carbocycles. The van der Waals surface area contributed by atoms with E-state index >= 15 is 0 Å². The lowest BCUT2D eigenvalue weighted by atomic mass is 10.3. The van der Waals surface area contributed by atoms with E-state index in [0.29, 0.717) is 37.4 Å². The number of carbonyl (C=O) groups is 6. The van der Waals surface area contributed by atoms with E-state index < -0.39 is 17.9 Å². The van der Waals surface area contributed by atoms with Crippen molar-refractivity contribution < 1.29 is 38.6 Å². The number of carbonyl (C=O) groups excluding carboxylic acids is 5. The van der Waals surface area contributed by atoms with Gasteiger partial charge in [0.2, 0.25) is 11.8 Å². The average Bonchev–Trinajstić information content (AvgIpc) is 3.10. The van der Waals surface area contributed by atoms with Crippen LogP contribution in [0.25, 0.3) is 0 Å². The number of thioether (sulfide) groups is 1. The molecule has 12 heteroatoms. The summed E-state index contributed by atoms with van der Waals surface area (Å²) in [6.45, 7) is 4.69. The van der Waals surface area contributed by atoms with Crippen molar-refractivity contribution in [2.45, 2.75) is 52.4 Å². The van der Waals surface area contributed by atoms with Crippen LogP contribution in [0.5, 0.6) is 0 Å². The van der Waals surface area contributed by atoms with Crippen molar-refractivity contribution in [3.05, 3.63) is 0 Å². The van der Waals surface area contributed by atoms with E-state index in [4.69, 9.17) is 5.11 Å². The van der Waals surface area contributed by atoms with Crippen LogP contribution in [0.15, 0.2) is 0 Å². The highest BCUT2D eigenvalue weighted by Gasteiger charge is 2.19. The van der Waals surface area contributed by atoms with Crippen LogP contribution in [0.2, 0.25) is 0 Å². The Hall–Kier alpha value is -2.08. The Morgan fingerprint density at radius 1 is 0.967 bits per heavy atom. The third kappa shape index (κ3) is 22.2. The minimum atomic E-state index is -0.969. The molecule has 0 aliphatic carbocycles. The van der Waals surface area contributed by atoms with Gasteiger partial charge in [-0.2, -0.15) is 12.6 Å². The second-order valence-electron chi connectivity index (χ2n) is 5.59. The van der Waals surface area contributed by atoms with Crippen LogP contribution in [0.4, 0.5) is 0 Å². The minimum absolute atomic E-state index is 0.0434. The zero-order valence-corrected chi connectivity index (χ0v) is 18.9. The van der Waals surface area contributed by atoms with Crippen LogP contribution < -0.4 is 10.6 Å². The van der Waals surface area contributed by atoms with E-state index in [0.717, 1.165) is 11.8 Å². The predicted molar refractivity (Wildman–Crippen MR) is 115 cm³/mol. The van der Waals surface area contributed by atoms with Crippen LogP contribution in [-0.2, 0) is 33.5 Å². The van der Waals surface area contributed by atoms with Crippen molar-refractivity contribution in [2.75, 3.05) is 24.6 Å². The summed E-state index contributed by atoms with van der Waals surface area (Å²) >= 11 is 4.97. The third-order valence-electron chi connectivity index (χ3n) is 3.07. The Bertz CT molecular complexity index is 571. The number of ether oxygens (including phenoxy) is 1. The molecule has 30 heavy (non-hydrogen) atoms. The monoisotopic (exact) mass is 466 g/mol. The fourth-order valence-electron chi connectivity index (χ4n) is 1.51. The molecule has 0 saturated carbocycles. The van der Waals surface area contributed by atoms with Gasteiger partial charge in [0.1, 0.15) is 0 Å². The SMILES string of the molecule is CCC(=O)NCCS.CCC(=O)NCCSC(=O)CCC(=O)O.O=C1CCC(=O)O1. The lowest BCUT2D eigenvalue weighted by Gasteiger charge is -2.02. The summed E-state index contributed by atoms with van der Waals surface area (Å²) in [6.07, 6.45) is 1.43. The van der Waals surface area contributed by atoms with Gasteiger partial charge < -0.3 is 20.5 Å². The molecule has 1 aliphatic rings. The van der Waals surface area contributed by atoms with Gasteiger partial charge in [0.05, 0.1) is 19.3 Å². The van der Waals surface area contributed by atoms with Gasteiger partial charge in [-0.15, -0.1) is 0 Å². The lowest BCUT2D eigenvalue weighted by molar-refractivity contribution is -0.152. The highest BCUT2D eigenvalue weighted by atomic mass is 32.2. The number of hydrogen-bond acceptors (Lipinski definition) is 9. The summed E-state index contributed by atoms with van der Waals surface area (Å²) in [4.78, 5) is 62.4. The number of amides is 2. The first-order chi connectivity index (χ1) is 14.2. The van der Waals surface area contributed by atoms with Gasteiger partial charge in [-0.1, -0.05) is 25.6 Å². The molecular weight excluding hydrogens is 436 g/mol. The Morgan fingerprint density at radius 2 is 1.47 bits per heavy atom. The zero-order valence-electron chi connectivity index (χ0n) is 17.2. The van der Waals surface area contributed by atoms with Crippen LogP contribution in [0.3, 0.4) is 0 Å². The van der Waals surface area contributed by atoms with Crippen molar-refractivity contribution in [3.8, 4) is 0 Å². The summed E-state index contributed by atoms with van der Waals surface area (Å²) in [7, 11) is 0. The fraction of sp³-hybridized carbons (Fsp3) is 0.667. The van der Waals surface area contributed by atoms with E-state index in [9.17, 15) is 28.8 Å². The highest BCUT2D eigenvalue weighted by Crippen LogP contribution is 2.06. The Labute approximate surface area is 185 Å². The highest BCUT2D eigenvalue weighted by molar-refractivity contribution is 8.13. The first kappa shape index (κ1) is 30.1. The zero-order chi connectivity index (χ0) is 23.4. The predicted octanol–water partition coefficient (Wildman–Crippen LogP) is 0.930. The van der Waals surface area contributed by atoms with Gasteiger partial charge in [0.25, 0.3) is 0 Å². The van der Waals surface area contributed by atoms with E-state index in [-0.39, 0.29) is 42.6 Å². The number of cyclic esters (lactones) is 2. The van der Waals surface area contributed by atoms with E-state index in [1.807, 2.05) is 6.92 Å². The molecule has 10 nitrogen and oxygen atoms in total. The molecule has 2 amide bonds. The van der Waals surface area contributed by atoms with Gasteiger partial charge in [0, 0.05) is 43.9 Å². The molecule has 1 rings (SSSR count). The smallest absolute Gasteiger partial charge is 0.314 e. The van der Waals surface area contributed by atoms with Crippen LogP contribution in [0, 0.1) is 0 Å². The van der Waals surface area contributed by atoms with Crippen LogP contribution in [0.1, 0.15) is 52.4 Å². The van der Waals surface area contributed by atoms with Crippen LogP contribution >= 0.6 is 24.4 Å². The number of nitrogens with one attached hydrogen (secondary N) is 2. The molecule has 1 aliphatic heterocycles. The fourth-order valence-corrected chi connectivity index (χ4v) is 2.30. The number of carboxylic acids is 1. The molecule has 3 N–H and O–H groups in total. The topological polar surface area (TPSA) is 156 Å². The number of carboxylic acid groups (broad SMARTS) is 1. The summed E-state index contributed by atoms with van der Waals surface area (Å²) in [5.74, 6) is -0.512. The van der Waals surface area contributed by atoms with Crippen molar-refractivity contribution in [3.63, 3.8) is 0 Å². The standard InChI is InChI=1S/C9H15NO4S.C5H11NOS.C4H4O3/c1-2-7(11)10-5-6-15-9(14)4-3-8(12)13;1-2-5(7)6-3-4-8;5-3-1-2-4(6)7-3/h2-6H2,1H3,(H,10,11)(H,12,13);8H,2-4H2,1H3,(H,6,7);1-2H2. The molecule has 1 heterocycles. The van der Waals surface area contributed by atoms with Gasteiger partial charge >= 0.3 is 17.9 Å². The van der Waals surface area contributed by atoms with Gasteiger partial charge in [-0.3, -0.25) is 28.8 Å². The minimum Gasteiger partial charge on any atom is -0.481 e. The Kier molecular flexibility index (Phi) is 20.3. The van der Waals surface area contributed by atoms with Gasteiger partial charge in [-0.25, -0.2) is 0 Å². The van der Waals surface area contributed by atoms with E-state index in [1.54, 1.807) is 6.92 Å². The van der Waals surface area contributed by atoms with Gasteiger partial charge in [0.15, 0.2) is 5.12 Å². The Balaban J connectivity index is 0. The second kappa shape index (κ2) is 20.2. The van der Waals surface area contributed by atoms with Gasteiger partial charge in [-0.05, 0) is 0 Å². The summed E-state index contributed by atoms with van der Waals surface area (Å²) in [5, 5.41) is 13.5. The van der Waals surface area contributed by atoms with Crippen LogP contribution in [-0.4, -0.2) is 64.5 Å². The summed E-state index contributed by atoms with van der Waals surface area (Å²) < 4.78 is 4.08. The maximum Gasteiger partial charge on any atom is 0.314 e. The molecule has 1 saturated heterocycles. The lowest BCUT2D eigenvalue weighted by Crippen LogP contribution is -2.24. The molecule has 0 aromatic heterocycles. The average molecular weight is 467 g/mol. The largest absolute Gasteiger partial charge is 0.481 e. The molecule has 172 valence electrons. The summed E-state index contributed by atoms with van der Waals surface area (Å²) in [5.41, 5.74) is 0. The molecule has 0 aromatic rings. The van der Waals surface area contributed by atoms with Crippen molar-refractivity contribution in [2.24, 2.45) is 0 Å². The number of thiol groups is 1. The molecule has 0 atom stereocenters. The van der Waals surface area contributed by atoms with E-state index in [2.05, 4.69) is 28.0 Å². The molecule has 0 unspecified atom stereocenters. The number of hydrogen-bond donors (Lipinski definition) is 4. The number of rotatable bonds is 10.